The number of hydrogen-bond acceptors (Lipinski definition) is 2. The molecule has 1 aliphatic heterocycles. The van der Waals surface area contributed by atoms with Crippen molar-refractivity contribution in [2.45, 2.75) is 25.8 Å². The zero-order chi connectivity index (χ0) is 9.80. The molecule has 0 aliphatic carbocycles. The van der Waals surface area contributed by atoms with Crippen molar-refractivity contribution in [3.05, 3.63) is 34.2 Å². The van der Waals surface area contributed by atoms with Gasteiger partial charge in [-0.15, -0.1) is 0 Å². The molecule has 1 aromatic heterocycles. The fraction of sp³-hybridized carbons (Fsp3) is 0.545. The first-order chi connectivity index (χ1) is 6.84. The molecule has 14 heavy (non-hydrogen) atoms. The van der Waals surface area contributed by atoms with Crippen LogP contribution in [0, 0.1) is 0 Å². The Hall–Kier alpha value is -1.09. The van der Waals surface area contributed by atoms with Crippen LogP contribution < -0.4 is 5.56 Å². The third kappa shape index (κ3) is 2.45. The molecule has 3 heteroatoms. The van der Waals surface area contributed by atoms with Crippen molar-refractivity contribution in [1.29, 1.82) is 0 Å². The van der Waals surface area contributed by atoms with E-state index in [0.29, 0.717) is 0 Å². The molecule has 0 unspecified atom stereocenters. The lowest BCUT2D eigenvalue weighted by Gasteiger charge is -2.26. The van der Waals surface area contributed by atoms with Crippen molar-refractivity contribution >= 4 is 0 Å². The number of aromatic amines is 1. The van der Waals surface area contributed by atoms with Gasteiger partial charge in [0, 0.05) is 18.3 Å². The number of rotatable bonds is 2. The van der Waals surface area contributed by atoms with Crippen molar-refractivity contribution in [2.24, 2.45) is 0 Å². The lowest BCUT2D eigenvalue weighted by molar-refractivity contribution is 0.218. The van der Waals surface area contributed by atoms with Gasteiger partial charge in [-0.05, 0) is 32.0 Å². The topological polar surface area (TPSA) is 36.1 Å². The van der Waals surface area contributed by atoms with Crippen LogP contribution in [0.3, 0.4) is 0 Å². The molecule has 0 bridgehead atoms. The summed E-state index contributed by atoms with van der Waals surface area (Å²) in [6, 6.07) is 5.35. The van der Waals surface area contributed by atoms with Crippen LogP contribution in [0.2, 0.25) is 0 Å². The fourth-order valence-electron chi connectivity index (χ4n) is 1.94. The molecule has 0 atom stereocenters. The molecule has 1 aromatic rings. The van der Waals surface area contributed by atoms with Gasteiger partial charge in [0.25, 0.3) is 0 Å². The smallest absolute Gasteiger partial charge is 0.248 e. The molecule has 0 aromatic carbocycles. The molecule has 0 amide bonds. The van der Waals surface area contributed by atoms with Crippen LogP contribution in [0.25, 0.3) is 0 Å². The molecule has 0 spiro atoms. The summed E-state index contributed by atoms with van der Waals surface area (Å²) < 4.78 is 0. The first kappa shape index (κ1) is 9.46. The molecule has 76 valence electrons. The van der Waals surface area contributed by atoms with Crippen molar-refractivity contribution in [3.8, 4) is 0 Å². The second-order valence-electron chi connectivity index (χ2n) is 3.88. The van der Waals surface area contributed by atoms with Gasteiger partial charge in [0.2, 0.25) is 5.56 Å². The summed E-state index contributed by atoms with van der Waals surface area (Å²) in [4.78, 5) is 16.3. The van der Waals surface area contributed by atoms with Crippen LogP contribution in [-0.4, -0.2) is 23.0 Å². The lowest BCUT2D eigenvalue weighted by atomic mass is 10.1. The third-order valence-electron chi connectivity index (χ3n) is 2.67. The van der Waals surface area contributed by atoms with Gasteiger partial charge < -0.3 is 4.98 Å². The molecule has 1 N–H and O–H groups in total. The van der Waals surface area contributed by atoms with Gasteiger partial charge in [-0.1, -0.05) is 12.5 Å². The van der Waals surface area contributed by atoms with Gasteiger partial charge in [-0.3, -0.25) is 9.69 Å². The molecule has 1 fully saturated rings. The average Bonchev–Trinajstić information content (AvgIpc) is 2.19. The van der Waals surface area contributed by atoms with Crippen LogP contribution in [0.1, 0.15) is 25.0 Å². The van der Waals surface area contributed by atoms with E-state index < -0.39 is 0 Å². The number of nitrogens with zero attached hydrogens (tertiary/aromatic N) is 1. The zero-order valence-electron chi connectivity index (χ0n) is 8.33. The number of hydrogen-bond donors (Lipinski definition) is 1. The predicted molar refractivity (Wildman–Crippen MR) is 56.2 cm³/mol. The Morgan fingerprint density at radius 1 is 1.21 bits per heavy atom. The van der Waals surface area contributed by atoms with E-state index >= 15 is 0 Å². The minimum atomic E-state index is -0.000454. The first-order valence-electron chi connectivity index (χ1n) is 5.25. The Morgan fingerprint density at radius 3 is 2.71 bits per heavy atom. The predicted octanol–water partition coefficient (Wildman–Crippen LogP) is 1.36. The molecule has 3 nitrogen and oxygen atoms in total. The molecular weight excluding hydrogens is 176 g/mol. The highest BCUT2D eigenvalue weighted by molar-refractivity contribution is 5.03. The maximum Gasteiger partial charge on any atom is 0.248 e. The maximum atomic E-state index is 11.1. The summed E-state index contributed by atoms with van der Waals surface area (Å²) in [5, 5.41) is 0. The Kier molecular flexibility index (Phi) is 2.99. The standard InChI is InChI=1S/C11H16N2O/c14-11-6-4-5-10(12-11)9-13-7-2-1-3-8-13/h4-6H,1-3,7-9H2,(H,12,14). The van der Waals surface area contributed by atoms with E-state index in [2.05, 4.69) is 9.88 Å². The number of likely N-dealkylation sites (tertiary alicyclic amines) is 1. The Balaban J connectivity index is 1.99. The average molecular weight is 192 g/mol. The maximum absolute atomic E-state index is 11.1. The van der Waals surface area contributed by atoms with Crippen molar-refractivity contribution < 1.29 is 0 Å². The zero-order valence-corrected chi connectivity index (χ0v) is 8.33. The number of piperidine rings is 1. The van der Waals surface area contributed by atoms with Crippen molar-refractivity contribution in [2.75, 3.05) is 13.1 Å². The molecule has 2 heterocycles. The fourth-order valence-corrected chi connectivity index (χ4v) is 1.94. The quantitative estimate of drug-likeness (QED) is 0.768. The summed E-state index contributed by atoms with van der Waals surface area (Å²) in [7, 11) is 0. The summed E-state index contributed by atoms with van der Waals surface area (Å²) in [5.74, 6) is 0. The molecule has 2 rings (SSSR count). The Morgan fingerprint density at radius 2 is 2.00 bits per heavy atom. The van der Waals surface area contributed by atoms with E-state index in [4.69, 9.17) is 0 Å². The highest BCUT2D eigenvalue weighted by Gasteiger charge is 2.10. The summed E-state index contributed by atoms with van der Waals surface area (Å²) in [6.45, 7) is 3.21. The Labute approximate surface area is 83.8 Å². The van der Waals surface area contributed by atoms with E-state index in [1.807, 2.05) is 12.1 Å². The van der Waals surface area contributed by atoms with E-state index in [1.54, 1.807) is 6.07 Å². The monoisotopic (exact) mass is 192 g/mol. The summed E-state index contributed by atoms with van der Waals surface area (Å²) >= 11 is 0. The van der Waals surface area contributed by atoms with Gasteiger partial charge in [-0.25, -0.2) is 0 Å². The van der Waals surface area contributed by atoms with Crippen LogP contribution in [0.4, 0.5) is 0 Å². The molecule has 1 saturated heterocycles. The highest BCUT2D eigenvalue weighted by atomic mass is 16.1. The van der Waals surface area contributed by atoms with Crippen LogP contribution in [-0.2, 0) is 6.54 Å². The van der Waals surface area contributed by atoms with Gasteiger partial charge in [0.1, 0.15) is 0 Å². The second kappa shape index (κ2) is 4.42. The highest BCUT2D eigenvalue weighted by Crippen LogP contribution is 2.10. The minimum absolute atomic E-state index is 0.000454. The number of aromatic nitrogens is 1. The van der Waals surface area contributed by atoms with Crippen LogP contribution >= 0.6 is 0 Å². The normalized spacial score (nSPS) is 18.3. The SMILES string of the molecule is O=c1cccc(CN2CCCCC2)[nH]1. The lowest BCUT2D eigenvalue weighted by Crippen LogP contribution is -2.30. The van der Waals surface area contributed by atoms with Gasteiger partial charge in [0.05, 0.1) is 0 Å². The minimum Gasteiger partial charge on any atom is -0.325 e. The molecule has 0 radical (unpaired) electrons. The van der Waals surface area contributed by atoms with E-state index in [1.165, 1.54) is 19.3 Å². The Bertz CT molecular complexity index is 339. The van der Waals surface area contributed by atoms with Gasteiger partial charge >= 0.3 is 0 Å². The number of H-pyrrole nitrogens is 1. The number of nitrogens with one attached hydrogen (secondary N) is 1. The van der Waals surface area contributed by atoms with Crippen LogP contribution in [0.15, 0.2) is 23.0 Å². The van der Waals surface area contributed by atoms with Crippen molar-refractivity contribution in [1.82, 2.24) is 9.88 Å². The molecular formula is C11H16N2O. The van der Waals surface area contributed by atoms with E-state index in [0.717, 1.165) is 25.3 Å². The number of pyridine rings is 1. The van der Waals surface area contributed by atoms with Gasteiger partial charge in [0.15, 0.2) is 0 Å². The van der Waals surface area contributed by atoms with Crippen LogP contribution in [0.5, 0.6) is 0 Å². The van der Waals surface area contributed by atoms with E-state index in [-0.39, 0.29) is 5.56 Å². The second-order valence-corrected chi connectivity index (χ2v) is 3.88. The third-order valence-corrected chi connectivity index (χ3v) is 2.67. The molecule has 1 aliphatic rings. The summed E-state index contributed by atoms with van der Waals surface area (Å²) in [6.07, 6.45) is 3.93. The largest absolute Gasteiger partial charge is 0.325 e. The first-order valence-corrected chi connectivity index (χ1v) is 5.25. The van der Waals surface area contributed by atoms with Crippen molar-refractivity contribution in [3.63, 3.8) is 0 Å². The van der Waals surface area contributed by atoms with Gasteiger partial charge in [-0.2, -0.15) is 0 Å². The van der Waals surface area contributed by atoms with E-state index in [9.17, 15) is 4.79 Å². The summed E-state index contributed by atoms with van der Waals surface area (Å²) in [5.41, 5.74) is 1.03. The molecule has 0 saturated carbocycles.